The number of piperidine rings is 1. The van der Waals surface area contributed by atoms with E-state index in [1.54, 1.807) is 30.6 Å². The molecule has 2 fully saturated rings. The van der Waals surface area contributed by atoms with E-state index in [0.717, 1.165) is 5.56 Å². The first-order valence-electron chi connectivity index (χ1n) is 13.0. The third kappa shape index (κ3) is 5.06. The number of halogens is 2. The minimum atomic E-state index is -2.53. The lowest BCUT2D eigenvalue weighted by molar-refractivity contribution is 0.0755. The van der Waals surface area contributed by atoms with Gasteiger partial charge in [0.1, 0.15) is 11.0 Å². The average Bonchev–Trinajstić information content (AvgIpc) is 3.25. The number of ether oxygens (including phenoxy) is 1. The van der Waals surface area contributed by atoms with Crippen molar-refractivity contribution in [3.05, 3.63) is 76.6 Å². The van der Waals surface area contributed by atoms with Crippen molar-refractivity contribution in [3.63, 3.8) is 0 Å². The highest BCUT2D eigenvalue weighted by Crippen LogP contribution is 2.48. The quantitative estimate of drug-likeness (QED) is 0.328. The maximum absolute atomic E-state index is 13.3. The van der Waals surface area contributed by atoms with Crippen molar-refractivity contribution < 1.29 is 18.3 Å². The van der Waals surface area contributed by atoms with Gasteiger partial charge in [-0.05, 0) is 38.5 Å². The van der Waals surface area contributed by atoms with Crippen LogP contribution in [0.15, 0.2) is 54.9 Å². The number of alkyl halides is 2. The van der Waals surface area contributed by atoms with Crippen LogP contribution in [-0.2, 0) is 5.54 Å². The Morgan fingerprint density at radius 2 is 1.77 bits per heavy atom. The number of carbonyl (C=O) groups excluding carboxylic acids is 1. The van der Waals surface area contributed by atoms with Gasteiger partial charge in [0.05, 0.1) is 11.4 Å². The van der Waals surface area contributed by atoms with E-state index in [1.807, 2.05) is 37.8 Å². The molecule has 0 spiro atoms. The number of rotatable bonds is 7. The highest BCUT2D eigenvalue weighted by Gasteiger charge is 2.59. The number of aryl methyl sites for hydroxylation is 1. The van der Waals surface area contributed by atoms with Gasteiger partial charge in [-0.25, -0.2) is 28.7 Å². The molecule has 1 saturated heterocycles. The third-order valence-corrected chi connectivity index (χ3v) is 8.55. The Kier molecular flexibility index (Phi) is 6.58. The second-order valence-corrected chi connectivity index (χ2v) is 11.8. The number of hydrogen-bond acceptors (Lipinski definition) is 8. The van der Waals surface area contributed by atoms with Gasteiger partial charge in [0, 0.05) is 60.1 Å². The van der Waals surface area contributed by atoms with E-state index in [-0.39, 0.29) is 29.4 Å². The smallest absolute Gasteiger partial charge is 0.265 e. The summed E-state index contributed by atoms with van der Waals surface area (Å²) in [6.45, 7) is 6.79. The van der Waals surface area contributed by atoms with Crippen LogP contribution in [0.1, 0.15) is 46.8 Å². The molecule has 0 bridgehead atoms. The molecule has 11 heteroatoms. The first kappa shape index (κ1) is 26.4. The first-order chi connectivity index (χ1) is 19.1. The van der Waals surface area contributed by atoms with E-state index in [1.165, 1.54) is 23.5 Å². The predicted octanol–water partition coefficient (Wildman–Crippen LogP) is 5.25. The predicted molar refractivity (Wildman–Crippen MR) is 147 cm³/mol. The van der Waals surface area contributed by atoms with Gasteiger partial charge in [-0.3, -0.25) is 4.79 Å². The summed E-state index contributed by atoms with van der Waals surface area (Å²) in [6, 6.07) is 11.5. The zero-order valence-corrected chi connectivity index (χ0v) is 23.0. The van der Waals surface area contributed by atoms with Crippen LogP contribution in [0.5, 0.6) is 5.88 Å². The number of pyridine rings is 1. The van der Waals surface area contributed by atoms with Crippen LogP contribution in [0.2, 0.25) is 0 Å². The lowest BCUT2D eigenvalue weighted by Crippen LogP contribution is -2.33. The van der Waals surface area contributed by atoms with Crippen LogP contribution in [0.25, 0.3) is 22.1 Å². The first-order valence-corrected chi connectivity index (χ1v) is 13.8. The van der Waals surface area contributed by atoms with Gasteiger partial charge >= 0.3 is 0 Å². The molecule has 8 nitrogen and oxygen atoms in total. The van der Waals surface area contributed by atoms with Crippen LogP contribution in [0.3, 0.4) is 0 Å². The number of thiazole rings is 1. The molecule has 40 heavy (non-hydrogen) atoms. The van der Waals surface area contributed by atoms with Crippen LogP contribution < -0.4 is 10.5 Å². The molecule has 2 aliphatic rings. The Morgan fingerprint density at radius 1 is 1.10 bits per heavy atom. The molecule has 1 aliphatic carbocycles. The number of carbonyl (C=O) groups is 1. The molecule has 4 heterocycles. The van der Waals surface area contributed by atoms with E-state index >= 15 is 0 Å². The Balaban J connectivity index is 1.16. The number of likely N-dealkylation sites (tertiary alicyclic amines) is 1. The molecule has 4 aromatic rings. The van der Waals surface area contributed by atoms with Crippen molar-refractivity contribution >= 4 is 17.2 Å². The molecule has 2 N–H and O–H groups in total. The summed E-state index contributed by atoms with van der Waals surface area (Å²) in [5.74, 6) is 1.32. The zero-order valence-electron chi connectivity index (χ0n) is 22.2. The third-order valence-electron chi connectivity index (χ3n) is 7.41. The van der Waals surface area contributed by atoms with Crippen LogP contribution in [0.4, 0.5) is 8.78 Å². The van der Waals surface area contributed by atoms with Gasteiger partial charge in [-0.2, -0.15) is 0 Å². The van der Waals surface area contributed by atoms with Gasteiger partial charge in [-0.1, -0.05) is 24.3 Å². The standard InChI is InChI=1S/C29H28F2N6O2S/c1-15-24(40-27(35-15)26-33-9-4-10-34-26)28(38)37-13-19-20(14-37)23(19)39-22-12-18(29(2,3)32)11-21(36-22)16-5-7-17(8-6-16)25(30)31/h4-12,19-20,23,25H,13-14,32H2,1-3H3. The van der Waals surface area contributed by atoms with Crippen molar-refractivity contribution in [1.29, 1.82) is 0 Å². The number of benzene rings is 1. The van der Waals surface area contributed by atoms with E-state index in [0.29, 0.717) is 51.6 Å². The summed E-state index contributed by atoms with van der Waals surface area (Å²) < 4.78 is 32.4. The fourth-order valence-corrected chi connectivity index (χ4v) is 6.06. The molecule has 1 aromatic carbocycles. The minimum absolute atomic E-state index is 0.0392. The fourth-order valence-electron chi connectivity index (χ4n) is 5.08. The number of amides is 1. The van der Waals surface area contributed by atoms with Crippen LogP contribution >= 0.6 is 11.3 Å². The van der Waals surface area contributed by atoms with Crippen LogP contribution in [0, 0.1) is 18.8 Å². The van der Waals surface area contributed by atoms with E-state index in [9.17, 15) is 13.6 Å². The maximum atomic E-state index is 13.3. The molecule has 1 amide bonds. The highest BCUT2D eigenvalue weighted by atomic mass is 32.1. The number of fused-ring (bicyclic) bond motifs is 1. The maximum Gasteiger partial charge on any atom is 0.265 e. The molecule has 6 rings (SSSR count). The molecule has 0 radical (unpaired) electrons. The summed E-state index contributed by atoms with van der Waals surface area (Å²) in [5.41, 5.74) is 8.50. The summed E-state index contributed by atoms with van der Waals surface area (Å²) in [6.07, 6.45) is 0.716. The fraction of sp³-hybridized carbons (Fsp3) is 0.345. The minimum Gasteiger partial charge on any atom is -0.474 e. The van der Waals surface area contributed by atoms with Gasteiger partial charge in [0.25, 0.3) is 12.3 Å². The van der Waals surface area contributed by atoms with Crippen LogP contribution in [-0.4, -0.2) is 49.9 Å². The van der Waals surface area contributed by atoms with Gasteiger partial charge in [0.15, 0.2) is 10.8 Å². The lowest BCUT2D eigenvalue weighted by atomic mass is 9.94. The van der Waals surface area contributed by atoms with Crippen molar-refractivity contribution in [2.45, 2.75) is 38.8 Å². The molecular formula is C29H28F2N6O2S. The average molecular weight is 563 g/mol. The molecule has 2 atom stereocenters. The molecule has 3 aromatic heterocycles. The normalized spacial score (nSPS) is 20.1. The largest absolute Gasteiger partial charge is 0.474 e. The summed E-state index contributed by atoms with van der Waals surface area (Å²) in [4.78, 5) is 33.4. The topological polar surface area (TPSA) is 107 Å². The molecule has 1 saturated carbocycles. The zero-order chi connectivity index (χ0) is 28.2. The second kappa shape index (κ2) is 9.97. The summed E-state index contributed by atoms with van der Waals surface area (Å²) in [7, 11) is 0. The number of aromatic nitrogens is 4. The van der Waals surface area contributed by atoms with Crippen molar-refractivity contribution in [3.8, 4) is 28.0 Å². The molecule has 2 unspecified atom stereocenters. The second-order valence-electron chi connectivity index (χ2n) is 10.8. The van der Waals surface area contributed by atoms with Gasteiger partial charge < -0.3 is 15.4 Å². The number of nitrogens with two attached hydrogens (primary N) is 1. The Hall–Kier alpha value is -3.83. The SMILES string of the molecule is Cc1nc(-c2ncccn2)sc1C(=O)N1CC2C(C1)C2Oc1cc(C(C)(C)N)cc(-c2ccc(C(F)F)cc2)n1. The number of hydrogen-bond donors (Lipinski definition) is 1. The number of nitrogens with zero attached hydrogens (tertiary/aromatic N) is 5. The Bertz CT molecular complexity index is 1540. The van der Waals surface area contributed by atoms with Crippen molar-refractivity contribution in [2.24, 2.45) is 17.6 Å². The van der Waals surface area contributed by atoms with Crippen molar-refractivity contribution in [1.82, 2.24) is 24.8 Å². The Labute approximate surface area is 234 Å². The van der Waals surface area contributed by atoms with E-state index < -0.39 is 12.0 Å². The lowest BCUT2D eigenvalue weighted by Gasteiger charge is -2.22. The van der Waals surface area contributed by atoms with E-state index in [2.05, 4.69) is 19.9 Å². The molecule has 206 valence electrons. The van der Waals surface area contributed by atoms with E-state index in [4.69, 9.17) is 10.5 Å². The highest BCUT2D eigenvalue weighted by molar-refractivity contribution is 7.17. The molecule has 1 aliphatic heterocycles. The van der Waals surface area contributed by atoms with Gasteiger partial charge in [-0.15, -0.1) is 11.3 Å². The Morgan fingerprint density at radius 3 is 2.40 bits per heavy atom. The molecular weight excluding hydrogens is 534 g/mol. The van der Waals surface area contributed by atoms with Crippen molar-refractivity contribution in [2.75, 3.05) is 13.1 Å². The monoisotopic (exact) mass is 562 g/mol. The summed E-state index contributed by atoms with van der Waals surface area (Å²) in [5, 5.41) is 0.625. The summed E-state index contributed by atoms with van der Waals surface area (Å²) >= 11 is 1.31. The van der Waals surface area contributed by atoms with Gasteiger partial charge in [0.2, 0.25) is 5.88 Å².